The zero-order chi connectivity index (χ0) is 21.0. The van der Waals surface area contributed by atoms with Crippen molar-refractivity contribution in [2.45, 2.75) is 39.2 Å². The predicted molar refractivity (Wildman–Crippen MR) is 118 cm³/mol. The van der Waals surface area contributed by atoms with E-state index in [1.807, 2.05) is 13.8 Å². The number of hydrogen-bond donors (Lipinski definition) is 2. The van der Waals surface area contributed by atoms with Crippen molar-refractivity contribution in [1.82, 2.24) is 15.2 Å². The maximum absolute atomic E-state index is 13.1. The molecule has 1 fully saturated rings. The lowest BCUT2D eigenvalue weighted by atomic mass is 10.0. The van der Waals surface area contributed by atoms with Gasteiger partial charge in [0.2, 0.25) is 5.91 Å². The molecule has 1 aliphatic rings. The van der Waals surface area contributed by atoms with E-state index in [-0.39, 0.29) is 11.8 Å². The molecule has 1 aliphatic heterocycles. The molecule has 1 aromatic carbocycles. The number of amides is 2. The minimum Gasteiger partial charge on any atom is -0.354 e. The Balaban J connectivity index is 1.72. The molecule has 156 valence electrons. The SMILES string of the molecule is CC(C)CNC(=O)[C@H]1CCCCN1C(=O)c1csc(Nc2cccc(Cl)c2Cl)n1. The number of likely N-dealkylation sites (tertiary alicyclic amines) is 1. The standard InChI is InChI=1S/C20H24Cl2N4O2S/c1-12(2)10-23-18(27)16-8-3-4-9-26(16)19(28)15-11-29-20(25-15)24-14-7-5-6-13(21)17(14)22/h5-7,11-12,16H,3-4,8-10H2,1-2H3,(H,23,27)(H,24,25)/t16-/m1/s1. The molecular formula is C20H24Cl2N4O2S. The highest BCUT2D eigenvalue weighted by molar-refractivity contribution is 7.14. The maximum Gasteiger partial charge on any atom is 0.274 e. The number of aromatic nitrogens is 1. The molecule has 2 heterocycles. The van der Waals surface area contributed by atoms with Gasteiger partial charge in [-0.1, -0.05) is 43.1 Å². The lowest BCUT2D eigenvalue weighted by molar-refractivity contribution is -0.126. The first kappa shape index (κ1) is 21.9. The van der Waals surface area contributed by atoms with Crippen LogP contribution in [0.3, 0.4) is 0 Å². The van der Waals surface area contributed by atoms with Gasteiger partial charge in [-0.05, 0) is 37.3 Å². The molecule has 0 bridgehead atoms. The van der Waals surface area contributed by atoms with Gasteiger partial charge in [-0.3, -0.25) is 9.59 Å². The molecule has 1 atom stereocenters. The quantitative estimate of drug-likeness (QED) is 0.646. The summed E-state index contributed by atoms with van der Waals surface area (Å²) in [7, 11) is 0. The summed E-state index contributed by atoms with van der Waals surface area (Å²) < 4.78 is 0. The van der Waals surface area contributed by atoms with Crippen molar-refractivity contribution < 1.29 is 9.59 Å². The van der Waals surface area contributed by atoms with Crippen LogP contribution in [0.2, 0.25) is 10.0 Å². The van der Waals surface area contributed by atoms with Crippen LogP contribution < -0.4 is 10.6 Å². The number of piperidine rings is 1. The Morgan fingerprint density at radius 1 is 1.31 bits per heavy atom. The molecule has 6 nitrogen and oxygen atoms in total. The average Bonchev–Trinajstić information content (AvgIpc) is 3.17. The molecule has 1 saturated heterocycles. The van der Waals surface area contributed by atoms with E-state index in [9.17, 15) is 9.59 Å². The van der Waals surface area contributed by atoms with Gasteiger partial charge in [0, 0.05) is 18.5 Å². The summed E-state index contributed by atoms with van der Waals surface area (Å²) in [6.45, 7) is 5.24. The first-order valence-corrected chi connectivity index (χ1v) is 11.3. The third-order valence-electron chi connectivity index (χ3n) is 4.67. The van der Waals surface area contributed by atoms with Gasteiger partial charge in [0.1, 0.15) is 11.7 Å². The van der Waals surface area contributed by atoms with E-state index in [4.69, 9.17) is 23.2 Å². The monoisotopic (exact) mass is 454 g/mol. The number of benzene rings is 1. The molecule has 0 radical (unpaired) electrons. The fourth-order valence-corrected chi connectivity index (χ4v) is 4.21. The number of halogens is 2. The van der Waals surface area contributed by atoms with Crippen LogP contribution in [0.1, 0.15) is 43.6 Å². The Bertz CT molecular complexity index is 887. The summed E-state index contributed by atoms with van der Waals surface area (Å²) >= 11 is 13.5. The molecule has 0 aliphatic carbocycles. The number of nitrogens with one attached hydrogen (secondary N) is 2. The number of nitrogens with zero attached hydrogens (tertiary/aromatic N) is 2. The molecule has 0 saturated carbocycles. The highest BCUT2D eigenvalue weighted by Crippen LogP contribution is 2.33. The summed E-state index contributed by atoms with van der Waals surface area (Å²) in [5.74, 6) is 0.0408. The lowest BCUT2D eigenvalue weighted by Crippen LogP contribution is -2.52. The lowest BCUT2D eigenvalue weighted by Gasteiger charge is -2.34. The second-order valence-corrected chi connectivity index (χ2v) is 9.06. The van der Waals surface area contributed by atoms with Crippen molar-refractivity contribution in [2.24, 2.45) is 5.92 Å². The van der Waals surface area contributed by atoms with Gasteiger partial charge in [0.05, 0.1) is 15.7 Å². The highest BCUT2D eigenvalue weighted by atomic mass is 35.5. The van der Waals surface area contributed by atoms with Crippen LogP contribution in [0, 0.1) is 5.92 Å². The number of hydrogen-bond acceptors (Lipinski definition) is 5. The van der Waals surface area contributed by atoms with Gasteiger partial charge < -0.3 is 15.5 Å². The minimum atomic E-state index is -0.449. The van der Waals surface area contributed by atoms with Crippen molar-refractivity contribution in [3.63, 3.8) is 0 Å². The van der Waals surface area contributed by atoms with E-state index >= 15 is 0 Å². The highest BCUT2D eigenvalue weighted by Gasteiger charge is 2.33. The molecule has 1 aromatic heterocycles. The van der Waals surface area contributed by atoms with E-state index < -0.39 is 6.04 Å². The summed E-state index contributed by atoms with van der Waals surface area (Å²) in [5.41, 5.74) is 0.940. The van der Waals surface area contributed by atoms with Crippen molar-refractivity contribution in [3.8, 4) is 0 Å². The number of rotatable bonds is 6. The van der Waals surface area contributed by atoms with Crippen molar-refractivity contribution in [3.05, 3.63) is 39.3 Å². The van der Waals surface area contributed by atoms with E-state index in [2.05, 4.69) is 15.6 Å². The molecule has 2 aromatic rings. The summed E-state index contributed by atoms with van der Waals surface area (Å²) in [6, 6.07) is 4.82. The van der Waals surface area contributed by atoms with Crippen LogP contribution in [0.4, 0.5) is 10.8 Å². The van der Waals surface area contributed by atoms with Crippen molar-refractivity contribution in [2.75, 3.05) is 18.4 Å². The molecule has 29 heavy (non-hydrogen) atoms. The van der Waals surface area contributed by atoms with E-state index in [0.29, 0.717) is 52.0 Å². The van der Waals surface area contributed by atoms with Gasteiger partial charge >= 0.3 is 0 Å². The topological polar surface area (TPSA) is 74.3 Å². The second kappa shape index (κ2) is 9.78. The van der Waals surface area contributed by atoms with Crippen LogP contribution in [-0.2, 0) is 4.79 Å². The van der Waals surface area contributed by atoms with E-state index in [0.717, 1.165) is 12.8 Å². The third-order valence-corrected chi connectivity index (χ3v) is 6.24. The van der Waals surface area contributed by atoms with Crippen LogP contribution in [-0.4, -0.2) is 40.8 Å². The van der Waals surface area contributed by atoms with Crippen molar-refractivity contribution >= 4 is 57.2 Å². The first-order valence-electron chi connectivity index (χ1n) is 9.62. The normalized spacial score (nSPS) is 16.7. The Kier molecular flexibility index (Phi) is 7.38. The van der Waals surface area contributed by atoms with Gasteiger partial charge in [-0.15, -0.1) is 11.3 Å². The third kappa shape index (κ3) is 5.41. The van der Waals surface area contributed by atoms with E-state index in [1.54, 1.807) is 28.5 Å². The summed E-state index contributed by atoms with van der Waals surface area (Å²) in [6.07, 6.45) is 2.48. The van der Waals surface area contributed by atoms with Crippen LogP contribution in [0.15, 0.2) is 23.6 Å². The molecule has 2 amide bonds. The average molecular weight is 455 g/mol. The maximum atomic E-state index is 13.1. The fraction of sp³-hybridized carbons (Fsp3) is 0.450. The summed E-state index contributed by atoms with van der Waals surface area (Å²) in [4.78, 5) is 31.7. The molecule has 0 unspecified atom stereocenters. The molecule has 9 heteroatoms. The summed E-state index contributed by atoms with van der Waals surface area (Å²) in [5, 5.41) is 9.12. The zero-order valence-corrected chi connectivity index (χ0v) is 18.7. The second-order valence-electron chi connectivity index (χ2n) is 7.41. The number of thiazole rings is 1. The zero-order valence-electron chi connectivity index (χ0n) is 16.4. The number of carbonyl (C=O) groups excluding carboxylic acids is 2. The van der Waals surface area contributed by atoms with Gasteiger partial charge in [0.15, 0.2) is 5.13 Å². The Morgan fingerprint density at radius 2 is 2.10 bits per heavy atom. The molecule has 0 spiro atoms. The Hall–Kier alpha value is -1.83. The largest absolute Gasteiger partial charge is 0.354 e. The smallest absolute Gasteiger partial charge is 0.274 e. The van der Waals surface area contributed by atoms with Gasteiger partial charge in [-0.25, -0.2) is 4.98 Å². The molecular weight excluding hydrogens is 431 g/mol. The van der Waals surface area contributed by atoms with Gasteiger partial charge in [-0.2, -0.15) is 0 Å². The van der Waals surface area contributed by atoms with Crippen LogP contribution >= 0.6 is 34.5 Å². The molecule has 2 N–H and O–H groups in total. The van der Waals surface area contributed by atoms with E-state index in [1.165, 1.54) is 11.3 Å². The Morgan fingerprint density at radius 3 is 2.86 bits per heavy atom. The van der Waals surface area contributed by atoms with Crippen LogP contribution in [0.25, 0.3) is 0 Å². The van der Waals surface area contributed by atoms with Crippen LogP contribution in [0.5, 0.6) is 0 Å². The predicted octanol–water partition coefficient (Wildman–Crippen LogP) is 4.96. The molecule has 3 rings (SSSR count). The van der Waals surface area contributed by atoms with Crippen molar-refractivity contribution in [1.29, 1.82) is 0 Å². The first-order chi connectivity index (χ1) is 13.9. The Labute approximate surface area is 184 Å². The minimum absolute atomic E-state index is 0.0916. The number of anilines is 2. The number of carbonyl (C=O) groups is 2. The fourth-order valence-electron chi connectivity index (χ4n) is 3.16. The van der Waals surface area contributed by atoms with Gasteiger partial charge in [0.25, 0.3) is 5.91 Å².